The Labute approximate surface area is 105 Å². The molecule has 1 amide bonds. The van der Waals surface area contributed by atoms with Gasteiger partial charge in [-0.05, 0) is 24.7 Å². The first kappa shape index (κ1) is 12.9. The Morgan fingerprint density at radius 1 is 1.22 bits per heavy atom. The number of amides is 1. The first-order valence-corrected chi connectivity index (χ1v) is 6.08. The maximum atomic E-state index is 11.8. The normalized spacial score (nSPS) is 30.1. The molecule has 0 bridgehead atoms. The van der Waals surface area contributed by atoms with E-state index in [4.69, 9.17) is 5.11 Å². The Hall–Kier alpha value is -1.59. The highest BCUT2D eigenvalue weighted by Gasteiger charge is 2.44. The van der Waals surface area contributed by atoms with Crippen molar-refractivity contribution < 1.29 is 24.2 Å². The molecule has 0 radical (unpaired) electrons. The number of Topliss-reactive ketones (excluding diaryl/α,β-unsaturated/α-hetero) is 1. The SMILES string of the molecule is COC(=O)CC(=O)C1CC2CN(C(=O)O)CC2C1. The number of carbonyl (C=O) groups is 3. The van der Waals surface area contributed by atoms with Crippen molar-refractivity contribution >= 4 is 17.8 Å². The maximum Gasteiger partial charge on any atom is 0.407 e. The van der Waals surface area contributed by atoms with Gasteiger partial charge in [0.15, 0.2) is 0 Å². The number of carboxylic acid groups (broad SMARTS) is 1. The molecular formula is C12H17NO5. The third-order valence-corrected chi connectivity index (χ3v) is 4.02. The summed E-state index contributed by atoms with van der Waals surface area (Å²) >= 11 is 0. The van der Waals surface area contributed by atoms with E-state index >= 15 is 0 Å². The highest BCUT2D eigenvalue weighted by Crippen LogP contribution is 2.42. The lowest BCUT2D eigenvalue weighted by Gasteiger charge is -2.15. The third kappa shape index (κ3) is 2.47. The molecule has 1 heterocycles. The second-order valence-electron chi connectivity index (χ2n) is 5.10. The molecule has 2 fully saturated rings. The van der Waals surface area contributed by atoms with Crippen LogP contribution in [0.3, 0.4) is 0 Å². The number of hydrogen-bond donors (Lipinski definition) is 1. The van der Waals surface area contributed by atoms with Crippen LogP contribution >= 0.6 is 0 Å². The van der Waals surface area contributed by atoms with Crippen LogP contribution in [0.5, 0.6) is 0 Å². The zero-order valence-electron chi connectivity index (χ0n) is 10.3. The molecule has 1 saturated heterocycles. The van der Waals surface area contributed by atoms with Crippen LogP contribution in [-0.4, -0.2) is 48.1 Å². The van der Waals surface area contributed by atoms with Crippen LogP contribution in [0.25, 0.3) is 0 Å². The molecule has 1 aliphatic heterocycles. The van der Waals surface area contributed by atoms with Crippen molar-refractivity contribution in [2.45, 2.75) is 19.3 Å². The highest BCUT2D eigenvalue weighted by atomic mass is 16.5. The molecule has 0 aromatic carbocycles. The fourth-order valence-electron chi connectivity index (χ4n) is 3.08. The number of methoxy groups -OCH3 is 1. The van der Waals surface area contributed by atoms with Crippen molar-refractivity contribution in [3.63, 3.8) is 0 Å². The molecule has 100 valence electrons. The van der Waals surface area contributed by atoms with Crippen molar-refractivity contribution in [1.29, 1.82) is 0 Å². The van der Waals surface area contributed by atoms with Gasteiger partial charge in [0.2, 0.25) is 0 Å². The summed E-state index contributed by atoms with van der Waals surface area (Å²) in [5.41, 5.74) is 0. The molecule has 2 aliphatic rings. The Morgan fingerprint density at radius 3 is 2.22 bits per heavy atom. The van der Waals surface area contributed by atoms with Crippen LogP contribution in [0.2, 0.25) is 0 Å². The summed E-state index contributed by atoms with van der Waals surface area (Å²) < 4.78 is 4.48. The van der Waals surface area contributed by atoms with Crippen LogP contribution < -0.4 is 0 Å². The fourth-order valence-corrected chi connectivity index (χ4v) is 3.08. The van der Waals surface area contributed by atoms with E-state index in [0.717, 1.165) is 0 Å². The van der Waals surface area contributed by atoms with E-state index in [9.17, 15) is 14.4 Å². The van der Waals surface area contributed by atoms with Crippen LogP contribution in [0.15, 0.2) is 0 Å². The largest absolute Gasteiger partial charge is 0.469 e. The molecule has 1 saturated carbocycles. The third-order valence-electron chi connectivity index (χ3n) is 4.02. The summed E-state index contributed by atoms with van der Waals surface area (Å²) in [5, 5.41) is 8.89. The predicted molar refractivity (Wildman–Crippen MR) is 60.9 cm³/mol. The topological polar surface area (TPSA) is 83.9 Å². The zero-order chi connectivity index (χ0) is 13.3. The van der Waals surface area contributed by atoms with Crippen LogP contribution in [0, 0.1) is 17.8 Å². The van der Waals surface area contributed by atoms with Crippen molar-refractivity contribution in [3.8, 4) is 0 Å². The fraction of sp³-hybridized carbons (Fsp3) is 0.750. The van der Waals surface area contributed by atoms with Gasteiger partial charge in [0.25, 0.3) is 0 Å². The van der Waals surface area contributed by atoms with E-state index in [0.29, 0.717) is 25.9 Å². The number of carbonyl (C=O) groups excluding carboxylic acids is 2. The first-order chi connectivity index (χ1) is 8.51. The highest BCUT2D eigenvalue weighted by molar-refractivity contribution is 5.96. The number of rotatable bonds is 3. The van der Waals surface area contributed by atoms with Gasteiger partial charge in [-0.2, -0.15) is 0 Å². The van der Waals surface area contributed by atoms with Gasteiger partial charge < -0.3 is 14.7 Å². The van der Waals surface area contributed by atoms with E-state index in [2.05, 4.69) is 4.74 Å². The number of ether oxygens (including phenoxy) is 1. The van der Waals surface area contributed by atoms with Crippen molar-refractivity contribution in [1.82, 2.24) is 4.90 Å². The molecule has 1 N–H and O–H groups in total. The van der Waals surface area contributed by atoms with Crippen LogP contribution in [0.1, 0.15) is 19.3 Å². The zero-order valence-corrected chi connectivity index (χ0v) is 10.3. The summed E-state index contributed by atoms with van der Waals surface area (Å²) in [6.45, 7) is 1.03. The Balaban J connectivity index is 1.86. The molecule has 2 rings (SSSR count). The number of ketones is 1. The van der Waals surface area contributed by atoms with Gasteiger partial charge in [-0.15, -0.1) is 0 Å². The van der Waals surface area contributed by atoms with E-state index < -0.39 is 12.1 Å². The van der Waals surface area contributed by atoms with Crippen molar-refractivity contribution in [3.05, 3.63) is 0 Å². The standard InChI is InChI=1S/C12H17NO5/c1-18-11(15)4-10(14)7-2-8-5-13(12(16)17)6-9(8)3-7/h7-9H,2-6H2,1H3,(H,16,17). The quantitative estimate of drug-likeness (QED) is 0.594. The lowest BCUT2D eigenvalue weighted by molar-refractivity contribution is -0.144. The first-order valence-electron chi connectivity index (χ1n) is 6.08. The number of esters is 1. The van der Waals surface area contributed by atoms with E-state index in [1.165, 1.54) is 12.0 Å². The lowest BCUT2D eigenvalue weighted by atomic mass is 9.98. The lowest BCUT2D eigenvalue weighted by Crippen LogP contribution is -2.28. The summed E-state index contributed by atoms with van der Waals surface area (Å²) in [5.74, 6) is -0.127. The average molecular weight is 255 g/mol. The molecule has 0 spiro atoms. The molecule has 0 aromatic heterocycles. The van der Waals surface area contributed by atoms with Gasteiger partial charge >= 0.3 is 12.1 Å². The van der Waals surface area contributed by atoms with Gasteiger partial charge in [-0.1, -0.05) is 0 Å². The summed E-state index contributed by atoms with van der Waals surface area (Å²) in [6, 6.07) is 0. The van der Waals surface area contributed by atoms with Gasteiger partial charge in [0, 0.05) is 19.0 Å². The van der Waals surface area contributed by atoms with Crippen LogP contribution in [-0.2, 0) is 14.3 Å². The summed E-state index contributed by atoms with van der Waals surface area (Å²) in [4.78, 5) is 35.1. The molecular weight excluding hydrogens is 238 g/mol. The number of hydrogen-bond acceptors (Lipinski definition) is 4. The smallest absolute Gasteiger partial charge is 0.407 e. The van der Waals surface area contributed by atoms with Crippen molar-refractivity contribution in [2.24, 2.45) is 17.8 Å². The monoisotopic (exact) mass is 255 g/mol. The van der Waals surface area contributed by atoms with E-state index in [-0.39, 0.29) is 30.0 Å². The summed E-state index contributed by atoms with van der Waals surface area (Å²) in [6.07, 6.45) is 0.347. The van der Waals surface area contributed by atoms with Gasteiger partial charge in [0.1, 0.15) is 12.2 Å². The van der Waals surface area contributed by atoms with Gasteiger partial charge in [-0.3, -0.25) is 9.59 Å². The van der Waals surface area contributed by atoms with E-state index in [1.807, 2.05) is 0 Å². The minimum absolute atomic E-state index is 0.0712. The molecule has 2 atom stereocenters. The Kier molecular flexibility index (Phi) is 3.54. The van der Waals surface area contributed by atoms with Gasteiger partial charge in [-0.25, -0.2) is 4.79 Å². The van der Waals surface area contributed by atoms with Crippen molar-refractivity contribution in [2.75, 3.05) is 20.2 Å². The van der Waals surface area contributed by atoms with Crippen LogP contribution in [0.4, 0.5) is 4.79 Å². The van der Waals surface area contributed by atoms with Gasteiger partial charge in [0.05, 0.1) is 7.11 Å². The molecule has 6 nitrogen and oxygen atoms in total. The molecule has 0 aromatic rings. The number of likely N-dealkylation sites (tertiary alicyclic amines) is 1. The molecule has 1 aliphatic carbocycles. The average Bonchev–Trinajstić information content (AvgIpc) is 2.85. The van der Waals surface area contributed by atoms with E-state index in [1.54, 1.807) is 0 Å². The Bertz CT molecular complexity index is 367. The second-order valence-corrected chi connectivity index (χ2v) is 5.10. The maximum absolute atomic E-state index is 11.8. The second kappa shape index (κ2) is 4.96. The minimum Gasteiger partial charge on any atom is -0.469 e. The number of nitrogens with zero attached hydrogens (tertiary/aromatic N) is 1. The number of fused-ring (bicyclic) bond motifs is 1. The minimum atomic E-state index is -0.887. The predicted octanol–water partition coefficient (Wildman–Crippen LogP) is 0.755. The molecule has 6 heteroatoms. The molecule has 18 heavy (non-hydrogen) atoms. The molecule has 2 unspecified atom stereocenters. The Morgan fingerprint density at radius 2 is 1.78 bits per heavy atom. The summed E-state index contributed by atoms with van der Waals surface area (Å²) in [7, 11) is 1.27.